The monoisotopic (exact) mass is 241 g/mol. The molecule has 0 spiro atoms. The molecule has 2 N–H and O–H groups in total. The zero-order valence-corrected chi connectivity index (χ0v) is 10.6. The fourth-order valence-electron chi connectivity index (χ4n) is 1.42. The van der Waals surface area contributed by atoms with Crippen LogP contribution < -0.4 is 10.1 Å². The van der Waals surface area contributed by atoms with E-state index in [1.54, 1.807) is 6.07 Å². The number of nitrogens with one attached hydrogen (secondary N) is 1. The Balaban J connectivity index is 2.50. The van der Waals surface area contributed by atoms with Crippen molar-refractivity contribution >= 4 is 0 Å². The van der Waals surface area contributed by atoms with E-state index in [0.29, 0.717) is 13.1 Å². The lowest BCUT2D eigenvalue weighted by Crippen LogP contribution is -2.31. The fourth-order valence-corrected chi connectivity index (χ4v) is 1.42. The average molecular weight is 241 g/mol. The Kier molecular flexibility index (Phi) is 4.90. The van der Waals surface area contributed by atoms with Gasteiger partial charge in [0.2, 0.25) is 0 Å². The molecule has 0 heterocycles. The summed E-state index contributed by atoms with van der Waals surface area (Å²) in [6, 6.07) is 4.89. The second-order valence-electron chi connectivity index (χ2n) is 4.89. The SMILES string of the molecule is COc1ccc(CNCC(C)(C)CO)cc1F. The number of benzene rings is 1. The molecule has 1 aromatic rings. The van der Waals surface area contributed by atoms with Gasteiger partial charge >= 0.3 is 0 Å². The lowest BCUT2D eigenvalue weighted by molar-refractivity contribution is 0.156. The summed E-state index contributed by atoms with van der Waals surface area (Å²) >= 11 is 0. The van der Waals surface area contributed by atoms with Crippen LogP contribution in [0.5, 0.6) is 5.75 Å². The molecule has 0 radical (unpaired) electrons. The molecule has 0 aliphatic heterocycles. The van der Waals surface area contributed by atoms with E-state index < -0.39 is 0 Å². The molecule has 1 aromatic carbocycles. The van der Waals surface area contributed by atoms with Gasteiger partial charge in [-0.1, -0.05) is 19.9 Å². The van der Waals surface area contributed by atoms with E-state index in [0.717, 1.165) is 5.56 Å². The third kappa shape index (κ3) is 4.32. The van der Waals surface area contributed by atoms with Crippen LogP contribution in [0, 0.1) is 11.2 Å². The van der Waals surface area contributed by atoms with Crippen molar-refractivity contribution in [2.24, 2.45) is 5.41 Å². The number of rotatable bonds is 6. The van der Waals surface area contributed by atoms with Crippen LogP contribution in [0.1, 0.15) is 19.4 Å². The van der Waals surface area contributed by atoms with E-state index >= 15 is 0 Å². The highest BCUT2D eigenvalue weighted by Crippen LogP contribution is 2.18. The van der Waals surface area contributed by atoms with Gasteiger partial charge in [-0.05, 0) is 17.7 Å². The predicted molar refractivity (Wildman–Crippen MR) is 65.5 cm³/mol. The molecule has 0 atom stereocenters. The van der Waals surface area contributed by atoms with Crippen LogP contribution >= 0.6 is 0 Å². The Bertz CT molecular complexity index is 366. The van der Waals surface area contributed by atoms with E-state index in [-0.39, 0.29) is 23.6 Å². The van der Waals surface area contributed by atoms with E-state index in [4.69, 9.17) is 9.84 Å². The van der Waals surface area contributed by atoms with Gasteiger partial charge in [0, 0.05) is 25.1 Å². The maximum Gasteiger partial charge on any atom is 0.165 e. The first-order valence-corrected chi connectivity index (χ1v) is 5.62. The van der Waals surface area contributed by atoms with Crippen LogP contribution in [0.2, 0.25) is 0 Å². The average Bonchev–Trinajstić information content (AvgIpc) is 2.29. The number of hydrogen-bond acceptors (Lipinski definition) is 3. The number of hydrogen-bond donors (Lipinski definition) is 2. The predicted octanol–water partition coefficient (Wildman–Crippen LogP) is 1.94. The minimum absolute atomic E-state index is 0.122. The molecule has 3 nitrogen and oxygen atoms in total. The lowest BCUT2D eigenvalue weighted by atomic mass is 9.95. The van der Waals surface area contributed by atoms with Crippen LogP contribution in [0.25, 0.3) is 0 Å². The molecule has 1 rings (SSSR count). The largest absolute Gasteiger partial charge is 0.494 e. The number of halogens is 1. The molecule has 0 fully saturated rings. The maximum absolute atomic E-state index is 13.4. The second kappa shape index (κ2) is 5.98. The second-order valence-corrected chi connectivity index (χ2v) is 4.89. The van der Waals surface area contributed by atoms with Crippen molar-refractivity contribution in [3.63, 3.8) is 0 Å². The van der Waals surface area contributed by atoms with Crippen LogP contribution in [-0.2, 0) is 6.54 Å². The van der Waals surface area contributed by atoms with E-state index in [2.05, 4.69) is 5.32 Å². The summed E-state index contributed by atoms with van der Waals surface area (Å²) in [7, 11) is 1.44. The van der Waals surface area contributed by atoms with Crippen molar-refractivity contribution in [2.75, 3.05) is 20.3 Å². The van der Waals surface area contributed by atoms with Crippen molar-refractivity contribution in [2.45, 2.75) is 20.4 Å². The smallest absolute Gasteiger partial charge is 0.165 e. The molecule has 0 aliphatic rings. The van der Waals surface area contributed by atoms with Crippen LogP contribution in [0.4, 0.5) is 4.39 Å². The van der Waals surface area contributed by atoms with Crippen LogP contribution in [0.15, 0.2) is 18.2 Å². The van der Waals surface area contributed by atoms with Gasteiger partial charge in [-0.25, -0.2) is 4.39 Å². The standard InChI is InChI=1S/C13H20FNO2/c1-13(2,9-16)8-15-7-10-4-5-12(17-3)11(14)6-10/h4-6,15-16H,7-9H2,1-3H3. The third-order valence-corrected chi connectivity index (χ3v) is 2.58. The topological polar surface area (TPSA) is 41.5 Å². The molecule has 0 aliphatic carbocycles. The summed E-state index contributed by atoms with van der Waals surface area (Å²) in [5.41, 5.74) is 0.697. The van der Waals surface area contributed by atoms with Gasteiger partial charge in [-0.15, -0.1) is 0 Å². The van der Waals surface area contributed by atoms with E-state index in [1.165, 1.54) is 13.2 Å². The highest BCUT2D eigenvalue weighted by Gasteiger charge is 2.15. The van der Waals surface area contributed by atoms with Crippen molar-refractivity contribution < 1.29 is 14.2 Å². The summed E-state index contributed by atoms with van der Waals surface area (Å²) in [6.07, 6.45) is 0. The van der Waals surface area contributed by atoms with Gasteiger partial charge in [0.15, 0.2) is 11.6 Å². The Morgan fingerprint density at radius 3 is 2.65 bits per heavy atom. The van der Waals surface area contributed by atoms with Crippen molar-refractivity contribution in [3.8, 4) is 5.75 Å². The first kappa shape index (κ1) is 13.9. The van der Waals surface area contributed by atoms with E-state index in [9.17, 15) is 4.39 Å². The highest BCUT2D eigenvalue weighted by atomic mass is 19.1. The van der Waals surface area contributed by atoms with Gasteiger partial charge in [0.25, 0.3) is 0 Å². The van der Waals surface area contributed by atoms with Crippen molar-refractivity contribution in [1.82, 2.24) is 5.32 Å². The molecular formula is C13H20FNO2. The molecule has 0 saturated carbocycles. The molecule has 0 bridgehead atoms. The maximum atomic E-state index is 13.4. The van der Waals surface area contributed by atoms with Crippen molar-refractivity contribution in [1.29, 1.82) is 0 Å². The third-order valence-electron chi connectivity index (χ3n) is 2.58. The summed E-state index contributed by atoms with van der Waals surface area (Å²) < 4.78 is 18.2. The minimum atomic E-state index is -0.354. The zero-order chi connectivity index (χ0) is 12.9. The lowest BCUT2D eigenvalue weighted by Gasteiger charge is -2.22. The Labute approximate surface area is 102 Å². The fraction of sp³-hybridized carbons (Fsp3) is 0.538. The van der Waals surface area contributed by atoms with Crippen LogP contribution in [0.3, 0.4) is 0 Å². The molecule has 0 unspecified atom stereocenters. The summed E-state index contributed by atoms with van der Waals surface area (Å²) in [4.78, 5) is 0. The van der Waals surface area contributed by atoms with Gasteiger partial charge in [0.1, 0.15) is 0 Å². The summed E-state index contributed by atoms with van der Waals surface area (Å²) in [6.45, 7) is 5.31. The first-order chi connectivity index (χ1) is 7.98. The summed E-state index contributed by atoms with van der Waals surface area (Å²) in [5, 5.41) is 12.3. The van der Waals surface area contributed by atoms with Gasteiger partial charge in [0.05, 0.1) is 7.11 Å². The number of ether oxygens (including phenoxy) is 1. The first-order valence-electron chi connectivity index (χ1n) is 5.62. The van der Waals surface area contributed by atoms with Gasteiger partial charge < -0.3 is 15.2 Å². The minimum Gasteiger partial charge on any atom is -0.494 e. The van der Waals surface area contributed by atoms with E-state index in [1.807, 2.05) is 19.9 Å². The van der Waals surface area contributed by atoms with Gasteiger partial charge in [-0.2, -0.15) is 0 Å². The van der Waals surface area contributed by atoms with Crippen LogP contribution in [-0.4, -0.2) is 25.4 Å². The molecule has 96 valence electrons. The Morgan fingerprint density at radius 2 is 2.12 bits per heavy atom. The van der Waals surface area contributed by atoms with Crippen molar-refractivity contribution in [3.05, 3.63) is 29.6 Å². The molecule has 0 amide bonds. The molecule has 17 heavy (non-hydrogen) atoms. The molecule has 0 saturated heterocycles. The van der Waals surface area contributed by atoms with Gasteiger partial charge in [-0.3, -0.25) is 0 Å². The normalized spacial score (nSPS) is 11.6. The molecule has 4 heteroatoms. The number of methoxy groups -OCH3 is 1. The number of aliphatic hydroxyl groups is 1. The quantitative estimate of drug-likeness (QED) is 0.799. The molecular weight excluding hydrogens is 221 g/mol. The highest BCUT2D eigenvalue weighted by molar-refractivity contribution is 5.29. The molecule has 0 aromatic heterocycles. The number of aliphatic hydroxyl groups excluding tert-OH is 1. The Hall–Kier alpha value is -1.13. The summed E-state index contributed by atoms with van der Waals surface area (Å²) in [5.74, 6) is -0.0994. The Morgan fingerprint density at radius 1 is 1.41 bits per heavy atom. The zero-order valence-electron chi connectivity index (χ0n) is 10.6.